The molecule has 0 bridgehead atoms. The van der Waals surface area contributed by atoms with Crippen LogP contribution in [0.3, 0.4) is 0 Å². The number of anilines is 1. The maximum atomic E-state index is 5.72. The summed E-state index contributed by atoms with van der Waals surface area (Å²) >= 11 is 0. The van der Waals surface area contributed by atoms with Crippen LogP contribution >= 0.6 is 0 Å². The van der Waals surface area contributed by atoms with Crippen molar-refractivity contribution in [3.63, 3.8) is 0 Å². The molecule has 0 atom stereocenters. The zero-order chi connectivity index (χ0) is 12.4. The van der Waals surface area contributed by atoms with E-state index in [4.69, 9.17) is 10.5 Å². The lowest BCUT2D eigenvalue weighted by molar-refractivity contribution is 0.455. The fraction of sp³-hybridized carbons (Fsp3) is 0.231. The number of rotatable bonds is 2. The molecule has 2 rings (SSSR count). The van der Waals surface area contributed by atoms with E-state index in [-0.39, 0.29) is 0 Å². The smallest absolute Gasteiger partial charge is 0.222 e. The molecule has 0 saturated heterocycles. The molecule has 1 heterocycles. The van der Waals surface area contributed by atoms with Gasteiger partial charge in [-0.2, -0.15) is 4.98 Å². The number of nitrogen functional groups attached to an aromatic ring is 1. The van der Waals surface area contributed by atoms with Crippen LogP contribution in [0.5, 0.6) is 11.6 Å². The van der Waals surface area contributed by atoms with Gasteiger partial charge in [-0.3, -0.25) is 0 Å². The summed E-state index contributed by atoms with van der Waals surface area (Å²) in [6, 6.07) is 7.33. The first-order valence-corrected chi connectivity index (χ1v) is 5.41. The van der Waals surface area contributed by atoms with E-state index in [0.717, 1.165) is 22.7 Å². The van der Waals surface area contributed by atoms with Crippen molar-refractivity contribution in [2.45, 2.75) is 20.8 Å². The van der Waals surface area contributed by atoms with Crippen LogP contribution in [0.2, 0.25) is 0 Å². The second-order valence-electron chi connectivity index (χ2n) is 4.02. The van der Waals surface area contributed by atoms with Crippen molar-refractivity contribution in [3.8, 4) is 11.6 Å². The second-order valence-corrected chi connectivity index (χ2v) is 4.02. The van der Waals surface area contributed by atoms with Crippen LogP contribution in [0.1, 0.15) is 17.1 Å². The molecule has 4 nitrogen and oxygen atoms in total. The van der Waals surface area contributed by atoms with Crippen molar-refractivity contribution >= 4 is 5.69 Å². The van der Waals surface area contributed by atoms with Crippen LogP contribution < -0.4 is 10.5 Å². The summed E-state index contributed by atoms with van der Waals surface area (Å²) in [4.78, 5) is 8.43. The van der Waals surface area contributed by atoms with Crippen molar-refractivity contribution in [2.24, 2.45) is 0 Å². The van der Waals surface area contributed by atoms with Crippen LogP contribution in [0.4, 0.5) is 5.69 Å². The standard InChI is InChI=1S/C13H15N3O/c1-8-6-11(14)4-5-12(8)17-13-7-9(2)15-10(3)16-13/h4-7H,14H2,1-3H3. The Kier molecular flexibility index (Phi) is 2.95. The number of nitrogens with zero attached hydrogens (tertiary/aromatic N) is 2. The van der Waals surface area contributed by atoms with E-state index in [2.05, 4.69) is 9.97 Å². The molecule has 1 aromatic heterocycles. The third-order valence-corrected chi connectivity index (χ3v) is 2.36. The Hall–Kier alpha value is -2.10. The molecule has 0 aliphatic carbocycles. The van der Waals surface area contributed by atoms with Gasteiger partial charge in [0.15, 0.2) is 0 Å². The fourth-order valence-corrected chi connectivity index (χ4v) is 1.63. The summed E-state index contributed by atoms with van der Waals surface area (Å²) in [7, 11) is 0. The van der Waals surface area contributed by atoms with E-state index in [1.807, 2.05) is 45.0 Å². The zero-order valence-electron chi connectivity index (χ0n) is 10.2. The number of hydrogen-bond acceptors (Lipinski definition) is 4. The van der Waals surface area contributed by atoms with Crippen molar-refractivity contribution in [1.29, 1.82) is 0 Å². The predicted octanol–water partition coefficient (Wildman–Crippen LogP) is 2.78. The first-order valence-electron chi connectivity index (χ1n) is 5.41. The Balaban J connectivity index is 2.31. The van der Waals surface area contributed by atoms with Gasteiger partial charge < -0.3 is 10.5 Å². The lowest BCUT2D eigenvalue weighted by Crippen LogP contribution is -1.96. The van der Waals surface area contributed by atoms with Crippen LogP contribution in [0, 0.1) is 20.8 Å². The highest BCUT2D eigenvalue weighted by molar-refractivity contribution is 5.48. The Morgan fingerprint density at radius 3 is 2.47 bits per heavy atom. The van der Waals surface area contributed by atoms with Gasteiger partial charge in [0.1, 0.15) is 11.6 Å². The van der Waals surface area contributed by atoms with Gasteiger partial charge >= 0.3 is 0 Å². The van der Waals surface area contributed by atoms with Gasteiger partial charge in [0.25, 0.3) is 0 Å². The Morgan fingerprint density at radius 1 is 1.06 bits per heavy atom. The molecule has 4 heteroatoms. The number of aryl methyl sites for hydroxylation is 3. The zero-order valence-corrected chi connectivity index (χ0v) is 10.2. The van der Waals surface area contributed by atoms with Crippen molar-refractivity contribution in [3.05, 3.63) is 41.3 Å². The van der Waals surface area contributed by atoms with Crippen LogP contribution in [-0.4, -0.2) is 9.97 Å². The molecule has 0 radical (unpaired) electrons. The minimum atomic E-state index is 0.558. The molecule has 0 fully saturated rings. The molecule has 0 saturated carbocycles. The van der Waals surface area contributed by atoms with Crippen LogP contribution in [0.15, 0.2) is 24.3 Å². The van der Waals surface area contributed by atoms with E-state index in [0.29, 0.717) is 11.7 Å². The molecule has 2 aromatic rings. The van der Waals surface area contributed by atoms with Crippen LogP contribution in [-0.2, 0) is 0 Å². The van der Waals surface area contributed by atoms with Crippen LogP contribution in [0.25, 0.3) is 0 Å². The maximum absolute atomic E-state index is 5.72. The second kappa shape index (κ2) is 4.41. The van der Waals surface area contributed by atoms with Gasteiger partial charge in [-0.15, -0.1) is 0 Å². The maximum Gasteiger partial charge on any atom is 0.222 e. The third-order valence-electron chi connectivity index (χ3n) is 2.36. The van der Waals surface area contributed by atoms with Gasteiger partial charge in [0.05, 0.1) is 0 Å². The highest BCUT2D eigenvalue weighted by atomic mass is 16.5. The molecule has 88 valence electrons. The third kappa shape index (κ3) is 2.72. The molecule has 0 aliphatic heterocycles. The summed E-state index contributed by atoms with van der Waals surface area (Å²) in [5.41, 5.74) is 8.29. The highest BCUT2D eigenvalue weighted by Gasteiger charge is 2.04. The summed E-state index contributed by atoms with van der Waals surface area (Å²) in [6.07, 6.45) is 0. The molecule has 0 spiro atoms. The monoisotopic (exact) mass is 229 g/mol. The van der Waals surface area contributed by atoms with Crippen molar-refractivity contribution < 1.29 is 4.74 Å². The van der Waals surface area contributed by atoms with E-state index in [9.17, 15) is 0 Å². The lowest BCUT2D eigenvalue weighted by Gasteiger charge is -2.09. The summed E-state index contributed by atoms with van der Waals surface area (Å²) in [5.74, 6) is 2.02. The minimum Gasteiger partial charge on any atom is -0.439 e. The quantitative estimate of drug-likeness (QED) is 0.804. The normalized spacial score (nSPS) is 10.3. The predicted molar refractivity (Wildman–Crippen MR) is 67.2 cm³/mol. The van der Waals surface area contributed by atoms with E-state index >= 15 is 0 Å². The number of ether oxygens (including phenoxy) is 1. The molecule has 2 N–H and O–H groups in total. The molecule has 0 amide bonds. The first-order chi connectivity index (χ1) is 8.04. The SMILES string of the molecule is Cc1cc(Oc2ccc(N)cc2C)nc(C)n1. The van der Waals surface area contributed by atoms with Gasteiger partial charge in [-0.05, 0) is 44.5 Å². The lowest BCUT2D eigenvalue weighted by atomic mass is 10.2. The van der Waals surface area contributed by atoms with Crippen molar-refractivity contribution in [2.75, 3.05) is 5.73 Å². The summed E-state index contributed by atoms with van der Waals surface area (Å²) in [6.45, 7) is 5.71. The van der Waals surface area contributed by atoms with Gasteiger partial charge in [0.2, 0.25) is 5.88 Å². The van der Waals surface area contributed by atoms with E-state index in [1.165, 1.54) is 0 Å². The molecular weight excluding hydrogens is 214 g/mol. The molecule has 0 unspecified atom stereocenters. The Morgan fingerprint density at radius 2 is 1.82 bits per heavy atom. The van der Waals surface area contributed by atoms with E-state index < -0.39 is 0 Å². The van der Waals surface area contributed by atoms with E-state index in [1.54, 1.807) is 0 Å². The van der Waals surface area contributed by atoms with Crippen molar-refractivity contribution in [1.82, 2.24) is 9.97 Å². The largest absolute Gasteiger partial charge is 0.439 e. The summed E-state index contributed by atoms with van der Waals surface area (Å²) < 4.78 is 5.72. The Labute approximate surface area is 100 Å². The van der Waals surface area contributed by atoms with Gasteiger partial charge in [-0.25, -0.2) is 4.98 Å². The van der Waals surface area contributed by atoms with Gasteiger partial charge in [-0.1, -0.05) is 0 Å². The fourth-order valence-electron chi connectivity index (χ4n) is 1.63. The average Bonchev–Trinajstić information content (AvgIpc) is 2.21. The molecule has 17 heavy (non-hydrogen) atoms. The summed E-state index contributed by atoms with van der Waals surface area (Å²) in [5, 5.41) is 0. The highest BCUT2D eigenvalue weighted by Crippen LogP contribution is 2.25. The Bertz CT molecular complexity index is 532. The average molecular weight is 229 g/mol. The number of hydrogen-bond donors (Lipinski definition) is 1. The minimum absolute atomic E-state index is 0.558. The number of nitrogens with two attached hydrogens (primary N) is 1. The molecule has 0 aliphatic rings. The van der Waals surface area contributed by atoms with Gasteiger partial charge in [0, 0.05) is 17.4 Å². The molecular formula is C13H15N3O. The molecule has 1 aromatic carbocycles. The number of aromatic nitrogens is 2. The number of benzene rings is 1. The first kappa shape index (κ1) is 11.4. The topological polar surface area (TPSA) is 61.0 Å².